The first kappa shape index (κ1) is 16.9. The fourth-order valence-corrected chi connectivity index (χ4v) is 4.38. The number of carbonyl (C=O) groups is 2. The van der Waals surface area contributed by atoms with Crippen LogP contribution in [0.3, 0.4) is 0 Å². The highest BCUT2D eigenvalue weighted by atomic mass is 32.2. The smallest absolute Gasteiger partial charge is 0.306 e. The maximum absolute atomic E-state index is 12.9. The van der Waals surface area contributed by atoms with Crippen LogP contribution in [0.15, 0.2) is 70.5 Å². The zero-order valence-corrected chi connectivity index (χ0v) is 15.1. The molecule has 2 aromatic rings. The number of hydrogen-bond donors (Lipinski definition) is 0. The molecule has 1 amide bonds. The van der Waals surface area contributed by atoms with Crippen molar-refractivity contribution in [3.05, 3.63) is 60.7 Å². The van der Waals surface area contributed by atoms with Crippen molar-refractivity contribution in [2.75, 3.05) is 11.5 Å². The zero-order chi connectivity index (χ0) is 17.9. The Morgan fingerprint density at radius 3 is 2.31 bits per heavy atom. The van der Waals surface area contributed by atoms with Crippen molar-refractivity contribution in [2.45, 2.75) is 29.1 Å². The average Bonchev–Trinajstić information content (AvgIpc) is 3.17. The second-order valence-electron chi connectivity index (χ2n) is 6.40. The fraction of sp³-hybridized carbons (Fsp3) is 0.238. The van der Waals surface area contributed by atoms with Crippen LogP contribution < -0.4 is 4.90 Å². The predicted octanol–water partition coefficient (Wildman–Crippen LogP) is 4.72. The molecule has 1 heterocycles. The monoisotopic (exact) mass is 365 g/mol. The third kappa shape index (κ3) is 3.40. The molecule has 1 atom stereocenters. The Balaban J connectivity index is 1.50. The quantitative estimate of drug-likeness (QED) is 0.581. The molecule has 2 aliphatic rings. The van der Waals surface area contributed by atoms with E-state index in [1.165, 1.54) is 0 Å². The van der Waals surface area contributed by atoms with Crippen LogP contribution in [0.25, 0.3) is 0 Å². The Hall–Kier alpha value is -2.53. The molecule has 5 heteroatoms. The standard InChI is InChI=1S/C21H19NO3S/c23-20(14-25-21(24)13-15-7-1-2-8-15)22-16-9-3-5-11-18(16)26-19-12-6-4-10-17(19)22/h1,3-7,9-12,15H,2,8,13-14H2/t15-/m0/s1. The lowest BCUT2D eigenvalue weighted by Gasteiger charge is -2.30. The Morgan fingerprint density at radius 1 is 1.04 bits per heavy atom. The van der Waals surface area contributed by atoms with Crippen LogP contribution in [-0.4, -0.2) is 18.5 Å². The molecule has 0 saturated heterocycles. The number of carbonyl (C=O) groups excluding carboxylic acids is 2. The lowest BCUT2D eigenvalue weighted by Crippen LogP contribution is -2.32. The molecule has 1 aliphatic carbocycles. The highest BCUT2D eigenvalue weighted by Crippen LogP contribution is 2.47. The van der Waals surface area contributed by atoms with Crippen molar-refractivity contribution >= 4 is 35.0 Å². The molecule has 0 fully saturated rings. The summed E-state index contributed by atoms with van der Waals surface area (Å²) in [4.78, 5) is 28.6. The van der Waals surface area contributed by atoms with Crippen LogP contribution in [0.1, 0.15) is 19.3 Å². The largest absolute Gasteiger partial charge is 0.456 e. The lowest BCUT2D eigenvalue weighted by atomic mass is 10.1. The Morgan fingerprint density at radius 2 is 1.69 bits per heavy atom. The van der Waals surface area contributed by atoms with Gasteiger partial charge in [-0.05, 0) is 43.0 Å². The molecule has 26 heavy (non-hydrogen) atoms. The Labute approximate surface area is 156 Å². The summed E-state index contributed by atoms with van der Waals surface area (Å²) in [5.41, 5.74) is 1.66. The van der Waals surface area contributed by atoms with E-state index in [4.69, 9.17) is 4.74 Å². The van der Waals surface area contributed by atoms with Crippen molar-refractivity contribution in [1.82, 2.24) is 0 Å². The summed E-state index contributed by atoms with van der Waals surface area (Å²) in [6.45, 7) is -0.247. The second-order valence-corrected chi connectivity index (χ2v) is 7.48. The van der Waals surface area contributed by atoms with Crippen molar-refractivity contribution in [3.8, 4) is 0 Å². The molecule has 0 aromatic heterocycles. The summed E-state index contributed by atoms with van der Waals surface area (Å²) in [5.74, 6) is -0.311. The first-order valence-electron chi connectivity index (χ1n) is 8.73. The highest BCUT2D eigenvalue weighted by molar-refractivity contribution is 7.99. The van der Waals surface area contributed by atoms with Gasteiger partial charge in [0.2, 0.25) is 0 Å². The first-order chi connectivity index (χ1) is 12.7. The number of ether oxygens (including phenoxy) is 1. The number of allylic oxidation sites excluding steroid dienone is 2. The van der Waals surface area contributed by atoms with Crippen LogP contribution >= 0.6 is 11.8 Å². The maximum Gasteiger partial charge on any atom is 0.306 e. The van der Waals surface area contributed by atoms with E-state index in [0.29, 0.717) is 6.42 Å². The number of hydrogen-bond acceptors (Lipinski definition) is 4. The topological polar surface area (TPSA) is 46.6 Å². The third-order valence-electron chi connectivity index (χ3n) is 4.58. The van der Waals surface area contributed by atoms with E-state index < -0.39 is 0 Å². The number of fused-ring (bicyclic) bond motifs is 2. The summed E-state index contributed by atoms with van der Waals surface area (Å²) in [7, 11) is 0. The minimum atomic E-state index is -0.317. The molecule has 0 N–H and O–H groups in total. The molecular weight excluding hydrogens is 346 g/mol. The number of rotatable bonds is 4. The number of benzene rings is 2. The van der Waals surface area contributed by atoms with Crippen LogP contribution in [0.4, 0.5) is 11.4 Å². The van der Waals surface area contributed by atoms with E-state index in [0.717, 1.165) is 34.0 Å². The summed E-state index contributed by atoms with van der Waals surface area (Å²) in [6.07, 6.45) is 6.47. The normalized spacial score (nSPS) is 17.5. The summed E-state index contributed by atoms with van der Waals surface area (Å²) < 4.78 is 5.28. The van der Waals surface area contributed by atoms with Crippen LogP contribution in [0.2, 0.25) is 0 Å². The summed E-state index contributed by atoms with van der Waals surface area (Å²) >= 11 is 1.64. The van der Waals surface area contributed by atoms with Gasteiger partial charge in [-0.15, -0.1) is 0 Å². The number of anilines is 2. The van der Waals surface area contributed by atoms with Gasteiger partial charge in [-0.1, -0.05) is 48.2 Å². The van der Waals surface area contributed by atoms with Gasteiger partial charge >= 0.3 is 5.97 Å². The number of nitrogens with zero attached hydrogens (tertiary/aromatic N) is 1. The van der Waals surface area contributed by atoms with Gasteiger partial charge in [0.05, 0.1) is 17.8 Å². The van der Waals surface area contributed by atoms with E-state index in [1.807, 2.05) is 48.5 Å². The van der Waals surface area contributed by atoms with Gasteiger partial charge in [-0.2, -0.15) is 0 Å². The van der Waals surface area contributed by atoms with Crippen LogP contribution in [0.5, 0.6) is 0 Å². The van der Waals surface area contributed by atoms with E-state index in [2.05, 4.69) is 12.2 Å². The van der Waals surface area contributed by atoms with E-state index >= 15 is 0 Å². The summed E-state index contributed by atoms with van der Waals surface area (Å²) in [5, 5.41) is 0. The SMILES string of the molecule is O=C(C[C@H]1C=CCC1)OCC(=O)N1c2ccccc2Sc2ccccc21. The first-order valence-corrected chi connectivity index (χ1v) is 9.55. The molecule has 132 valence electrons. The Kier molecular flexibility index (Phi) is 4.80. The molecule has 0 bridgehead atoms. The minimum absolute atomic E-state index is 0.236. The maximum atomic E-state index is 12.9. The molecular formula is C21H19NO3S. The zero-order valence-electron chi connectivity index (χ0n) is 14.3. The molecule has 0 spiro atoms. The molecule has 0 unspecified atom stereocenters. The van der Waals surface area contributed by atoms with E-state index in [9.17, 15) is 9.59 Å². The number of esters is 1. The van der Waals surface area contributed by atoms with Gasteiger partial charge in [0, 0.05) is 9.79 Å². The molecule has 0 saturated carbocycles. The molecule has 0 radical (unpaired) electrons. The molecule has 1 aliphatic heterocycles. The van der Waals surface area contributed by atoms with E-state index in [-0.39, 0.29) is 24.4 Å². The van der Waals surface area contributed by atoms with Gasteiger partial charge in [0.25, 0.3) is 5.91 Å². The molecule has 4 nitrogen and oxygen atoms in total. The minimum Gasteiger partial charge on any atom is -0.456 e. The summed E-state index contributed by atoms with van der Waals surface area (Å²) in [6, 6.07) is 15.6. The molecule has 2 aromatic carbocycles. The van der Waals surface area contributed by atoms with Crippen LogP contribution in [0, 0.1) is 5.92 Å². The van der Waals surface area contributed by atoms with Gasteiger partial charge in [-0.25, -0.2) is 0 Å². The van der Waals surface area contributed by atoms with Gasteiger partial charge in [-0.3, -0.25) is 14.5 Å². The number of amides is 1. The van der Waals surface area contributed by atoms with Gasteiger partial charge in [0.15, 0.2) is 6.61 Å². The Bertz CT molecular complexity index is 832. The average molecular weight is 365 g/mol. The third-order valence-corrected chi connectivity index (χ3v) is 5.71. The molecule has 4 rings (SSSR count). The van der Waals surface area contributed by atoms with Crippen LogP contribution in [-0.2, 0) is 14.3 Å². The lowest BCUT2D eigenvalue weighted by molar-refractivity contribution is -0.148. The second kappa shape index (κ2) is 7.38. The van der Waals surface area contributed by atoms with Gasteiger partial charge in [0.1, 0.15) is 0 Å². The van der Waals surface area contributed by atoms with Crippen molar-refractivity contribution in [1.29, 1.82) is 0 Å². The van der Waals surface area contributed by atoms with Crippen molar-refractivity contribution < 1.29 is 14.3 Å². The van der Waals surface area contributed by atoms with E-state index in [1.54, 1.807) is 16.7 Å². The predicted molar refractivity (Wildman–Crippen MR) is 102 cm³/mol. The van der Waals surface area contributed by atoms with Crippen molar-refractivity contribution in [2.24, 2.45) is 5.92 Å². The number of para-hydroxylation sites is 2. The fourth-order valence-electron chi connectivity index (χ4n) is 3.32. The highest BCUT2D eigenvalue weighted by Gasteiger charge is 2.28. The van der Waals surface area contributed by atoms with Crippen molar-refractivity contribution in [3.63, 3.8) is 0 Å². The van der Waals surface area contributed by atoms with Gasteiger partial charge < -0.3 is 4.74 Å².